The molecule has 0 saturated heterocycles. The van der Waals surface area contributed by atoms with E-state index in [4.69, 9.17) is 0 Å². The van der Waals surface area contributed by atoms with E-state index in [9.17, 15) is 5.11 Å². The van der Waals surface area contributed by atoms with Gasteiger partial charge in [0.15, 0.2) is 0 Å². The molecule has 2 rings (SSSR count). The van der Waals surface area contributed by atoms with Crippen molar-refractivity contribution in [2.24, 2.45) is 0 Å². The van der Waals surface area contributed by atoms with E-state index in [-0.39, 0.29) is 17.6 Å². The Morgan fingerprint density at radius 1 is 1.29 bits per heavy atom. The van der Waals surface area contributed by atoms with Gasteiger partial charge in [0.25, 0.3) is 0 Å². The minimum Gasteiger partial charge on any atom is -0.390 e. The zero-order valence-electron chi connectivity index (χ0n) is 8.91. The molecule has 0 radical (unpaired) electrons. The van der Waals surface area contributed by atoms with Crippen LogP contribution in [0.15, 0.2) is 24.3 Å². The van der Waals surface area contributed by atoms with Crippen molar-refractivity contribution >= 4 is 5.69 Å². The fraction of sp³-hybridized carbons (Fsp3) is 0.500. The molecule has 1 aliphatic rings. The second kappa shape index (κ2) is 2.99. The molecular weight excluding hydrogens is 174 g/mol. The Morgan fingerprint density at radius 2 is 1.93 bits per heavy atom. The molecule has 2 N–H and O–H groups in total. The number of fused-ring (bicyclic) bond motifs is 1. The molecule has 1 aromatic carbocycles. The zero-order valence-corrected chi connectivity index (χ0v) is 8.91. The molecule has 0 bridgehead atoms. The molecule has 2 heteroatoms. The van der Waals surface area contributed by atoms with Crippen molar-refractivity contribution in [2.45, 2.75) is 38.3 Å². The van der Waals surface area contributed by atoms with E-state index < -0.39 is 0 Å². The molecular formula is C12H17NO. The first-order valence-corrected chi connectivity index (χ1v) is 5.07. The number of nitrogens with one attached hydrogen (secondary N) is 1. The largest absolute Gasteiger partial charge is 0.390 e. The van der Waals surface area contributed by atoms with Crippen LogP contribution in [0.5, 0.6) is 0 Å². The van der Waals surface area contributed by atoms with Crippen molar-refractivity contribution in [1.82, 2.24) is 0 Å². The molecule has 0 aromatic heterocycles. The lowest BCUT2D eigenvalue weighted by atomic mass is 9.79. The van der Waals surface area contributed by atoms with Crippen LogP contribution < -0.4 is 5.32 Å². The van der Waals surface area contributed by atoms with Gasteiger partial charge in [0, 0.05) is 11.6 Å². The molecule has 2 nitrogen and oxygen atoms in total. The number of para-hydroxylation sites is 1. The molecule has 0 spiro atoms. The normalized spacial score (nSPS) is 29.1. The molecule has 76 valence electrons. The van der Waals surface area contributed by atoms with E-state index >= 15 is 0 Å². The molecule has 1 aromatic rings. The first-order chi connectivity index (χ1) is 6.52. The number of benzene rings is 1. The minimum atomic E-state index is -0.336. The zero-order chi connectivity index (χ0) is 10.3. The smallest absolute Gasteiger partial charge is 0.0830 e. The van der Waals surface area contributed by atoms with Crippen LogP contribution in [0.2, 0.25) is 0 Å². The summed E-state index contributed by atoms with van der Waals surface area (Å²) in [5, 5.41) is 13.5. The maximum absolute atomic E-state index is 10.1. The predicted molar refractivity (Wildman–Crippen MR) is 58.6 cm³/mol. The number of hydrogen-bond donors (Lipinski definition) is 2. The average molecular weight is 191 g/mol. The van der Waals surface area contributed by atoms with Gasteiger partial charge in [-0.2, -0.15) is 0 Å². The summed E-state index contributed by atoms with van der Waals surface area (Å²) in [6.07, 6.45) is -0.336. The predicted octanol–water partition coefficient (Wildman–Crippen LogP) is 2.36. The summed E-state index contributed by atoms with van der Waals surface area (Å²) < 4.78 is 0. The molecule has 2 unspecified atom stereocenters. The molecule has 0 aliphatic carbocycles. The van der Waals surface area contributed by atoms with Crippen molar-refractivity contribution in [3.8, 4) is 0 Å². The van der Waals surface area contributed by atoms with Crippen LogP contribution in [-0.4, -0.2) is 16.7 Å². The van der Waals surface area contributed by atoms with Crippen molar-refractivity contribution in [1.29, 1.82) is 0 Å². The summed E-state index contributed by atoms with van der Waals surface area (Å²) >= 11 is 0. The van der Waals surface area contributed by atoms with Gasteiger partial charge in [-0.3, -0.25) is 0 Å². The average Bonchev–Trinajstić information content (AvgIpc) is 2.14. The van der Waals surface area contributed by atoms with Gasteiger partial charge in [-0.1, -0.05) is 25.1 Å². The summed E-state index contributed by atoms with van der Waals surface area (Å²) in [4.78, 5) is 0. The Labute approximate surface area is 85.0 Å². The van der Waals surface area contributed by atoms with E-state index in [1.807, 2.05) is 26.0 Å². The third-order valence-electron chi connectivity index (χ3n) is 3.12. The fourth-order valence-corrected chi connectivity index (χ4v) is 2.22. The summed E-state index contributed by atoms with van der Waals surface area (Å²) in [5.74, 6) is 0.197. The van der Waals surface area contributed by atoms with Crippen LogP contribution in [0.1, 0.15) is 32.3 Å². The monoisotopic (exact) mass is 191 g/mol. The maximum Gasteiger partial charge on any atom is 0.0830 e. The number of hydrogen-bond acceptors (Lipinski definition) is 2. The Kier molecular flexibility index (Phi) is 2.04. The van der Waals surface area contributed by atoms with Crippen LogP contribution >= 0.6 is 0 Å². The highest BCUT2D eigenvalue weighted by Crippen LogP contribution is 2.38. The highest BCUT2D eigenvalue weighted by molar-refractivity contribution is 5.57. The number of aliphatic hydroxyl groups is 1. The number of rotatable bonds is 0. The third-order valence-corrected chi connectivity index (χ3v) is 3.12. The second-order valence-corrected chi connectivity index (χ2v) is 4.67. The van der Waals surface area contributed by atoms with Gasteiger partial charge < -0.3 is 10.4 Å². The Bertz CT molecular complexity index is 346. The second-order valence-electron chi connectivity index (χ2n) is 4.67. The lowest BCUT2D eigenvalue weighted by molar-refractivity contribution is 0.0869. The highest BCUT2D eigenvalue weighted by atomic mass is 16.3. The first-order valence-electron chi connectivity index (χ1n) is 5.07. The van der Waals surface area contributed by atoms with E-state index in [2.05, 4.69) is 24.4 Å². The van der Waals surface area contributed by atoms with Gasteiger partial charge >= 0.3 is 0 Å². The Morgan fingerprint density at radius 3 is 2.64 bits per heavy atom. The summed E-state index contributed by atoms with van der Waals surface area (Å²) in [6, 6.07) is 8.18. The van der Waals surface area contributed by atoms with Crippen LogP contribution in [0, 0.1) is 0 Å². The van der Waals surface area contributed by atoms with Gasteiger partial charge in [0.1, 0.15) is 0 Å². The van der Waals surface area contributed by atoms with Gasteiger partial charge in [-0.25, -0.2) is 0 Å². The minimum absolute atomic E-state index is 0.197. The SMILES string of the molecule is CC1c2ccccc2NC(C)(C)C1O. The van der Waals surface area contributed by atoms with Crippen LogP contribution in [0.4, 0.5) is 5.69 Å². The van der Waals surface area contributed by atoms with E-state index in [0.29, 0.717) is 0 Å². The standard InChI is InChI=1S/C12H17NO/c1-8-9-6-4-5-7-10(9)13-12(2,3)11(8)14/h4-8,11,13-14H,1-3H3. The Hall–Kier alpha value is -1.02. The summed E-state index contributed by atoms with van der Waals surface area (Å²) in [6.45, 7) is 6.14. The van der Waals surface area contributed by atoms with Gasteiger partial charge in [-0.15, -0.1) is 0 Å². The van der Waals surface area contributed by atoms with Gasteiger partial charge in [0.2, 0.25) is 0 Å². The molecule has 0 saturated carbocycles. The fourth-order valence-electron chi connectivity index (χ4n) is 2.22. The number of aliphatic hydroxyl groups excluding tert-OH is 1. The topological polar surface area (TPSA) is 32.3 Å². The van der Waals surface area contributed by atoms with Gasteiger partial charge in [0.05, 0.1) is 11.6 Å². The van der Waals surface area contributed by atoms with Crippen LogP contribution in [0.25, 0.3) is 0 Å². The quantitative estimate of drug-likeness (QED) is 0.659. The molecule has 1 aliphatic heterocycles. The molecule has 0 fully saturated rings. The van der Waals surface area contributed by atoms with Crippen molar-refractivity contribution in [2.75, 3.05) is 5.32 Å². The maximum atomic E-state index is 10.1. The third kappa shape index (κ3) is 1.30. The number of anilines is 1. The van der Waals surface area contributed by atoms with Crippen molar-refractivity contribution < 1.29 is 5.11 Å². The Balaban J connectivity index is 2.48. The van der Waals surface area contributed by atoms with Crippen LogP contribution in [0.3, 0.4) is 0 Å². The van der Waals surface area contributed by atoms with Crippen LogP contribution in [-0.2, 0) is 0 Å². The van der Waals surface area contributed by atoms with E-state index in [1.165, 1.54) is 5.56 Å². The highest BCUT2D eigenvalue weighted by Gasteiger charge is 2.37. The molecule has 1 heterocycles. The van der Waals surface area contributed by atoms with Crippen molar-refractivity contribution in [3.05, 3.63) is 29.8 Å². The lowest BCUT2D eigenvalue weighted by Gasteiger charge is -2.42. The molecule has 0 amide bonds. The molecule has 14 heavy (non-hydrogen) atoms. The lowest BCUT2D eigenvalue weighted by Crippen LogP contribution is -2.49. The summed E-state index contributed by atoms with van der Waals surface area (Å²) in [5.41, 5.74) is 2.11. The van der Waals surface area contributed by atoms with Gasteiger partial charge in [-0.05, 0) is 25.5 Å². The van der Waals surface area contributed by atoms with Crippen molar-refractivity contribution in [3.63, 3.8) is 0 Å². The first kappa shape index (κ1) is 9.53. The molecule has 2 atom stereocenters. The summed E-state index contributed by atoms with van der Waals surface area (Å²) in [7, 11) is 0. The van der Waals surface area contributed by atoms with E-state index in [1.54, 1.807) is 0 Å². The van der Waals surface area contributed by atoms with E-state index in [0.717, 1.165) is 5.69 Å².